The lowest BCUT2D eigenvalue weighted by atomic mass is 9.92. The normalized spacial score (nSPS) is 19.1. The number of fused-ring (bicyclic) bond motifs is 4. The number of nitrogens with zero attached hydrogens (tertiary/aromatic N) is 1. The number of benzene rings is 1. The zero-order valence-electron chi connectivity index (χ0n) is 11.2. The Bertz CT molecular complexity index is 765. The minimum Gasteiger partial charge on any atom is -0.387 e. The second-order valence-corrected chi connectivity index (χ2v) is 6.74. The van der Waals surface area contributed by atoms with E-state index in [0.29, 0.717) is 23.1 Å². The minimum atomic E-state index is -0.444. The van der Waals surface area contributed by atoms with E-state index in [1.54, 1.807) is 11.0 Å². The Kier molecular flexibility index (Phi) is 2.80. The van der Waals surface area contributed by atoms with Gasteiger partial charge < -0.3 is 15.0 Å². The van der Waals surface area contributed by atoms with Crippen molar-refractivity contribution in [3.8, 4) is 0 Å². The lowest BCUT2D eigenvalue weighted by Gasteiger charge is -2.33. The standard InChI is InChI=1S/C15H14Cl2N2O2/c16-10-2-1-8-9-5-19(11(21)6-20)7-15(3-4-15)14(9)18-13(8)12(10)17/h1-2,18,20H,3-7H2. The van der Waals surface area contributed by atoms with Crippen molar-refractivity contribution in [1.82, 2.24) is 9.88 Å². The van der Waals surface area contributed by atoms with Crippen LogP contribution in [0.2, 0.25) is 10.0 Å². The van der Waals surface area contributed by atoms with E-state index >= 15 is 0 Å². The van der Waals surface area contributed by atoms with Crippen LogP contribution in [-0.2, 0) is 16.8 Å². The van der Waals surface area contributed by atoms with E-state index < -0.39 is 6.61 Å². The van der Waals surface area contributed by atoms with Crippen LogP contribution in [-0.4, -0.2) is 34.0 Å². The van der Waals surface area contributed by atoms with Crippen LogP contribution < -0.4 is 0 Å². The highest BCUT2D eigenvalue weighted by Crippen LogP contribution is 2.53. The fraction of sp³-hybridized carbons (Fsp3) is 0.400. The molecule has 1 fully saturated rings. The molecule has 110 valence electrons. The lowest BCUT2D eigenvalue weighted by molar-refractivity contribution is -0.135. The molecule has 0 radical (unpaired) electrons. The Morgan fingerprint density at radius 2 is 2.14 bits per heavy atom. The zero-order chi connectivity index (χ0) is 14.8. The summed E-state index contributed by atoms with van der Waals surface area (Å²) in [7, 11) is 0. The maximum atomic E-state index is 11.9. The smallest absolute Gasteiger partial charge is 0.248 e. The van der Waals surface area contributed by atoms with Crippen molar-refractivity contribution >= 4 is 40.0 Å². The number of carbonyl (C=O) groups excluding carboxylic acids is 1. The van der Waals surface area contributed by atoms with Gasteiger partial charge in [-0.15, -0.1) is 0 Å². The van der Waals surface area contributed by atoms with E-state index in [9.17, 15) is 4.79 Å². The summed E-state index contributed by atoms with van der Waals surface area (Å²) in [6, 6.07) is 3.73. The molecule has 1 aliphatic heterocycles. The van der Waals surface area contributed by atoms with E-state index in [4.69, 9.17) is 28.3 Å². The maximum absolute atomic E-state index is 11.9. The van der Waals surface area contributed by atoms with Crippen molar-refractivity contribution < 1.29 is 9.90 Å². The molecule has 2 aliphatic rings. The topological polar surface area (TPSA) is 56.3 Å². The predicted molar refractivity (Wildman–Crippen MR) is 81.7 cm³/mol. The third-order valence-electron chi connectivity index (χ3n) is 4.69. The molecule has 21 heavy (non-hydrogen) atoms. The van der Waals surface area contributed by atoms with Gasteiger partial charge in [0.1, 0.15) is 6.61 Å². The molecule has 1 aromatic heterocycles. The first-order chi connectivity index (χ1) is 10.1. The zero-order valence-corrected chi connectivity index (χ0v) is 12.8. The third kappa shape index (κ3) is 1.83. The van der Waals surface area contributed by atoms with Gasteiger partial charge in [-0.25, -0.2) is 0 Å². The van der Waals surface area contributed by atoms with Gasteiger partial charge in [0.25, 0.3) is 0 Å². The first-order valence-corrected chi connectivity index (χ1v) is 7.69. The van der Waals surface area contributed by atoms with E-state index in [2.05, 4.69) is 4.98 Å². The number of hydrogen-bond donors (Lipinski definition) is 2. The minimum absolute atomic E-state index is 0.00718. The van der Waals surface area contributed by atoms with E-state index in [-0.39, 0.29) is 11.3 Å². The number of aliphatic hydroxyl groups excluding tert-OH is 1. The number of H-pyrrole nitrogens is 1. The molecule has 2 heterocycles. The number of aromatic amines is 1. The Morgan fingerprint density at radius 3 is 2.81 bits per heavy atom. The number of hydrogen-bond acceptors (Lipinski definition) is 2. The van der Waals surface area contributed by atoms with Crippen molar-refractivity contribution in [3.05, 3.63) is 33.4 Å². The maximum Gasteiger partial charge on any atom is 0.248 e. The average Bonchev–Trinajstić information content (AvgIpc) is 3.14. The van der Waals surface area contributed by atoms with Crippen molar-refractivity contribution in [2.75, 3.05) is 13.2 Å². The van der Waals surface area contributed by atoms with Crippen molar-refractivity contribution in [1.29, 1.82) is 0 Å². The molecule has 1 amide bonds. The Morgan fingerprint density at radius 1 is 1.38 bits per heavy atom. The molecule has 6 heteroatoms. The molecule has 2 aromatic rings. The molecular formula is C15H14Cl2N2O2. The molecule has 4 rings (SSSR count). The summed E-state index contributed by atoms with van der Waals surface area (Å²) in [5.41, 5.74) is 3.14. The van der Waals surface area contributed by atoms with Crippen LogP contribution in [0.25, 0.3) is 10.9 Å². The van der Waals surface area contributed by atoms with Crippen molar-refractivity contribution in [2.24, 2.45) is 0 Å². The summed E-state index contributed by atoms with van der Waals surface area (Å²) >= 11 is 12.4. The van der Waals surface area contributed by atoms with Crippen LogP contribution in [0, 0.1) is 0 Å². The number of aliphatic hydroxyl groups is 1. The van der Waals surface area contributed by atoms with Gasteiger partial charge in [0, 0.05) is 35.1 Å². The first-order valence-electron chi connectivity index (χ1n) is 6.93. The van der Waals surface area contributed by atoms with Crippen LogP contribution in [0.5, 0.6) is 0 Å². The number of carbonyl (C=O) groups is 1. The molecule has 4 nitrogen and oxygen atoms in total. The van der Waals surface area contributed by atoms with Gasteiger partial charge in [-0.05, 0) is 18.9 Å². The molecule has 1 aliphatic carbocycles. The summed E-state index contributed by atoms with van der Waals surface area (Å²) in [6.45, 7) is 0.729. The third-order valence-corrected chi connectivity index (χ3v) is 5.49. The fourth-order valence-corrected chi connectivity index (χ4v) is 3.77. The first kappa shape index (κ1) is 13.4. The van der Waals surface area contributed by atoms with Crippen LogP contribution in [0.3, 0.4) is 0 Å². The van der Waals surface area contributed by atoms with Gasteiger partial charge in [-0.1, -0.05) is 29.3 Å². The fourth-order valence-electron chi connectivity index (χ4n) is 3.40. The SMILES string of the molecule is O=C(CO)N1Cc2c([nH]c3c(Cl)c(Cl)ccc23)C2(CC2)C1. The number of aromatic nitrogens is 1. The van der Waals surface area contributed by atoms with Gasteiger partial charge in [0.05, 0.1) is 15.6 Å². The second kappa shape index (κ2) is 4.38. The Balaban J connectivity index is 1.92. The second-order valence-electron chi connectivity index (χ2n) is 5.95. The van der Waals surface area contributed by atoms with Gasteiger partial charge >= 0.3 is 0 Å². The molecule has 2 N–H and O–H groups in total. The summed E-state index contributed by atoms with van der Waals surface area (Å²) in [5, 5.41) is 11.2. The molecule has 0 unspecified atom stereocenters. The predicted octanol–water partition coefficient (Wildman–Crippen LogP) is 2.84. The molecule has 1 spiro atoms. The highest BCUT2D eigenvalue weighted by molar-refractivity contribution is 6.45. The largest absolute Gasteiger partial charge is 0.387 e. The van der Waals surface area contributed by atoms with Gasteiger partial charge in [-0.3, -0.25) is 4.79 Å². The number of rotatable bonds is 1. The van der Waals surface area contributed by atoms with Crippen molar-refractivity contribution in [3.63, 3.8) is 0 Å². The summed E-state index contributed by atoms with van der Waals surface area (Å²) in [4.78, 5) is 17.1. The molecular weight excluding hydrogens is 311 g/mol. The number of amides is 1. The monoisotopic (exact) mass is 324 g/mol. The van der Waals surface area contributed by atoms with Crippen LogP contribution in [0.15, 0.2) is 12.1 Å². The highest BCUT2D eigenvalue weighted by atomic mass is 35.5. The number of halogens is 2. The Labute approximate surface area is 131 Å². The van der Waals surface area contributed by atoms with Gasteiger partial charge in [-0.2, -0.15) is 0 Å². The molecule has 0 bridgehead atoms. The summed E-state index contributed by atoms with van der Waals surface area (Å²) in [6.07, 6.45) is 2.10. The summed E-state index contributed by atoms with van der Waals surface area (Å²) in [5.74, 6) is -0.221. The molecule has 1 saturated carbocycles. The molecule has 1 aromatic carbocycles. The van der Waals surface area contributed by atoms with E-state index in [1.165, 1.54) is 5.69 Å². The lowest BCUT2D eigenvalue weighted by Crippen LogP contribution is -2.42. The highest BCUT2D eigenvalue weighted by Gasteiger charge is 2.51. The average molecular weight is 325 g/mol. The summed E-state index contributed by atoms with van der Waals surface area (Å²) < 4.78 is 0. The van der Waals surface area contributed by atoms with Crippen molar-refractivity contribution in [2.45, 2.75) is 24.8 Å². The van der Waals surface area contributed by atoms with Gasteiger partial charge in [0.2, 0.25) is 5.91 Å². The molecule has 0 atom stereocenters. The van der Waals surface area contributed by atoms with Crippen LogP contribution in [0.1, 0.15) is 24.1 Å². The van der Waals surface area contributed by atoms with Crippen LogP contribution >= 0.6 is 23.2 Å². The quantitative estimate of drug-likeness (QED) is 0.847. The van der Waals surface area contributed by atoms with Gasteiger partial charge in [0.15, 0.2) is 0 Å². The molecule has 0 saturated heterocycles. The van der Waals surface area contributed by atoms with E-state index in [0.717, 1.165) is 29.3 Å². The number of nitrogens with one attached hydrogen (secondary N) is 1. The van der Waals surface area contributed by atoms with Crippen LogP contribution in [0.4, 0.5) is 0 Å². The van der Waals surface area contributed by atoms with E-state index in [1.807, 2.05) is 6.07 Å². The Hall–Kier alpha value is -1.23.